The molecule has 2 aliphatic rings. The maximum absolute atomic E-state index is 12.4. The molecule has 0 unspecified atom stereocenters. The van der Waals surface area contributed by atoms with Crippen LogP contribution in [0.2, 0.25) is 0 Å². The van der Waals surface area contributed by atoms with Gasteiger partial charge in [0.1, 0.15) is 10.1 Å². The molecular formula is C18H21N3OS2. The first-order valence-corrected chi connectivity index (χ1v) is 9.44. The van der Waals surface area contributed by atoms with Gasteiger partial charge in [0.25, 0.3) is 5.91 Å². The number of benzene rings is 1. The number of carbonyl (C=O) groups excluding carboxylic acids is 1. The number of thiocarbonyl (C=S) groups is 1. The summed E-state index contributed by atoms with van der Waals surface area (Å²) in [6.45, 7) is 8.59. The Labute approximate surface area is 152 Å². The normalized spacial score (nSPS) is 18.9. The monoisotopic (exact) mass is 359 g/mol. The predicted molar refractivity (Wildman–Crippen MR) is 106 cm³/mol. The van der Waals surface area contributed by atoms with Crippen LogP contribution < -0.4 is 9.80 Å². The van der Waals surface area contributed by atoms with E-state index >= 15 is 0 Å². The Morgan fingerprint density at radius 2 is 1.50 bits per heavy atom. The number of allylic oxidation sites excluding steroid dienone is 2. The van der Waals surface area contributed by atoms with Gasteiger partial charge in [-0.1, -0.05) is 36.1 Å². The fourth-order valence-electron chi connectivity index (χ4n) is 3.09. The zero-order chi connectivity index (χ0) is 17.3. The van der Waals surface area contributed by atoms with Gasteiger partial charge in [0.15, 0.2) is 0 Å². The van der Waals surface area contributed by atoms with E-state index in [1.165, 1.54) is 23.1 Å². The van der Waals surface area contributed by atoms with E-state index in [-0.39, 0.29) is 5.91 Å². The molecule has 4 nitrogen and oxygen atoms in total. The number of fused-ring (bicyclic) bond motifs is 1. The van der Waals surface area contributed by atoms with Gasteiger partial charge in [-0.2, -0.15) is 0 Å². The van der Waals surface area contributed by atoms with E-state index in [0.29, 0.717) is 15.8 Å². The van der Waals surface area contributed by atoms with Gasteiger partial charge in [0.2, 0.25) is 0 Å². The van der Waals surface area contributed by atoms with Gasteiger partial charge in [0.05, 0.1) is 16.3 Å². The number of carbonyl (C=O) groups is 1. The number of para-hydroxylation sites is 2. The summed E-state index contributed by atoms with van der Waals surface area (Å²) in [5, 5.41) is 0. The minimum atomic E-state index is 0.00552. The molecule has 0 atom stereocenters. The number of hydrogen-bond donors (Lipinski definition) is 0. The van der Waals surface area contributed by atoms with E-state index in [1.807, 2.05) is 19.1 Å². The van der Waals surface area contributed by atoms with E-state index in [1.54, 1.807) is 4.90 Å². The van der Waals surface area contributed by atoms with Crippen LogP contribution in [0.25, 0.3) is 0 Å². The number of anilines is 2. The molecule has 24 heavy (non-hydrogen) atoms. The molecule has 0 saturated carbocycles. The number of amides is 1. The van der Waals surface area contributed by atoms with Crippen molar-refractivity contribution in [1.82, 2.24) is 4.90 Å². The van der Waals surface area contributed by atoms with Gasteiger partial charge >= 0.3 is 0 Å². The molecule has 126 valence electrons. The van der Waals surface area contributed by atoms with Crippen LogP contribution in [0, 0.1) is 0 Å². The Kier molecular flexibility index (Phi) is 4.96. The lowest BCUT2D eigenvalue weighted by Crippen LogP contribution is -2.28. The minimum Gasteiger partial charge on any atom is -0.326 e. The summed E-state index contributed by atoms with van der Waals surface area (Å²) in [5.74, 6) is 1.11. The van der Waals surface area contributed by atoms with Crippen LogP contribution in [0.5, 0.6) is 0 Å². The molecule has 0 bridgehead atoms. The van der Waals surface area contributed by atoms with E-state index in [2.05, 4.69) is 47.9 Å². The van der Waals surface area contributed by atoms with Gasteiger partial charge in [-0.15, -0.1) is 0 Å². The topological polar surface area (TPSA) is 26.8 Å². The van der Waals surface area contributed by atoms with E-state index in [0.717, 1.165) is 18.9 Å². The standard InChI is InChI=1S/C18H21N3OS2/c1-4-19-13-9-7-8-10-14(13)20(5-2)16(19)12-11-15-17(22)21(6-3)18(23)24-15/h7-12H,4-6H2,1-3H3/b15-11+. The lowest BCUT2D eigenvalue weighted by Gasteiger charge is -2.23. The molecule has 0 spiro atoms. The van der Waals surface area contributed by atoms with Crippen LogP contribution in [-0.4, -0.2) is 34.8 Å². The molecule has 2 heterocycles. The molecule has 1 saturated heterocycles. The van der Waals surface area contributed by atoms with Crippen LogP contribution in [-0.2, 0) is 4.79 Å². The average Bonchev–Trinajstić information content (AvgIpc) is 3.05. The number of hydrogen-bond acceptors (Lipinski definition) is 5. The zero-order valence-electron chi connectivity index (χ0n) is 14.2. The number of rotatable bonds is 4. The van der Waals surface area contributed by atoms with E-state index in [9.17, 15) is 4.79 Å². The second kappa shape index (κ2) is 6.99. The van der Waals surface area contributed by atoms with Crippen LogP contribution in [0.15, 0.2) is 47.1 Å². The Balaban J connectivity index is 1.97. The van der Waals surface area contributed by atoms with Crippen molar-refractivity contribution in [3.05, 3.63) is 47.1 Å². The molecule has 3 rings (SSSR count). The van der Waals surface area contributed by atoms with E-state index in [4.69, 9.17) is 12.2 Å². The lowest BCUT2D eigenvalue weighted by atomic mass is 10.2. The Morgan fingerprint density at radius 1 is 0.958 bits per heavy atom. The first kappa shape index (κ1) is 17.0. The highest BCUT2D eigenvalue weighted by molar-refractivity contribution is 8.26. The molecular weight excluding hydrogens is 338 g/mol. The van der Waals surface area contributed by atoms with Crippen molar-refractivity contribution in [2.75, 3.05) is 29.4 Å². The molecule has 1 aromatic rings. The predicted octanol–water partition coefficient (Wildman–Crippen LogP) is 3.96. The van der Waals surface area contributed by atoms with Crippen LogP contribution >= 0.6 is 24.0 Å². The lowest BCUT2D eigenvalue weighted by molar-refractivity contribution is -0.122. The second-order valence-corrected chi connectivity index (χ2v) is 7.13. The van der Waals surface area contributed by atoms with Crippen molar-refractivity contribution in [2.24, 2.45) is 0 Å². The van der Waals surface area contributed by atoms with Crippen LogP contribution in [0.4, 0.5) is 11.4 Å². The summed E-state index contributed by atoms with van der Waals surface area (Å²) in [6, 6.07) is 8.40. The van der Waals surface area contributed by atoms with Crippen molar-refractivity contribution in [2.45, 2.75) is 20.8 Å². The summed E-state index contributed by atoms with van der Waals surface area (Å²) in [4.78, 5) is 19.2. The molecule has 1 fully saturated rings. The highest BCUT2D eigenvalue weighted by Gasteiger charge is 2.31. The van der Waals surface area contributed by atoms with E-state index < -0.39 is 0 Å². The summed E-state index contributed by atoms with van der Waals surface area (Å²) in [6.07, 6.45) is 3.94. The molecule has 0 radical (unpaired) electrons. The highest BCUT2D eigenvalue weighted by atomic mass is 32.2. The number of nitrogens with zero attached hydrogens (tertiary/aromatic N) is 3. The molecule has 2 aliphatic heterocycles. The Hall–Kier alpha value is -1.79. The molecule has 0 N–H and O–H groups in total. The van der Waals surface area contributed by atoms with Crippen molar-refractivity contribution < 1.29 is 4.79 Å². The number of thioether (sulfide) groups is 1. The second-order valence-electron chi connectivity index (χ2n) is 5.45. The van der Waals surface area contributed by atoms with Gasteiger partial charge in [-0.05, 0) is 45.1 Å². The van der Waals surface area contributed by atoms with Crippen LogP contribution in [0.1, 0.15) is 20.8 Å². The molecule has 1 amide bonds. The third kappa shape index (κ3) is 2.74. The summed E-state index contributed by atoms with van der Waals surface area (Å²) in [5.41, 5.74) is 2.42. The van der Waals surface area contributed by atoms with Gasteiger partial charge < -0.3 is 9.80 Å². The van der Waals surface area contributed by atoms with Crippen molar-refractivity contribution in [1.29, 1.82) is 0 Å². The molecule has 6 heteroatoms. The quantitative estimate of drug-likeness (QED) is 0.599. The first-order valence-electron chi connectivity index (χ1n) is 8.22. The Morgan fingerprint density at radius 3 is 1.96 bits per heavy atom. The van der Waals surface area contributed by atoms with Crippen LogP contribution in [0.3, 0.4) is 0 Å². The first-order chi connectivity index (χ1) is 11.6. The van der Waals surface area contributed by atoms with Crippen molar-refractivity contribution in [3.8, 4) is 0 Å². The summed E-state index contributed by atoms with van der Waals surface area (Å²) >= 11 is 6.66. The minimum absolute atomic E-state index is 0.00552. The average molecular weight is 360 g/mol. The third-order valence-electron chi connectivity index (χ3n) is 4.22. The Bertz CT molecular complexity index is 709. The maximum atomic E-state index is 12.4. The zero-order valence-corrected chi connectivity index (χ0v) is 15.8. The SMILES string of the molecule is CCN1C(=O)/C(=C\C=C2N(CC)c3ccccc3N2CC)SC1=S. The largest absolute Gasteiger partial charge is 0.326 e. The summed E-state index contributed by atoms with van der Waals surface area (Å²) < 4.78 is 0.640. The third-order valence-corrected chi connectivity index (χ3v) is 5.62. The smallest absolute Gasteiger partial charge is 0.266 e. The summed E-state index contributed by atoms with van der Waals surface area (Å²) in [7, 11) is 0. The molecule has 0 aromatic heterocycles. The highest BCUT2D eigenvalue weighted by Crippen LogP contribution is 2.41. The molecule has 0 aliphatic carbocycles. The van der Waals surface area contributed by atoms with Crippen molar-refractivity contribution >= 4 is 45.6 Å². The maximum Gasteiger partial charge on any atom is 0.266 e. The molecule has 1 aromatic carbocycles. The fourth-order valence-corrected chi connectivity index (χ4v) is 4.42. The number of likely N-dealkylation sites (N-methyl/N-ethyl adjacent to an activating group) is 1. The van der Waals surface area contributed by atoms with Gasteiger partial charge in [-0.3, -0.25) is 9.69 Å². The van der Waals surface area contributed by atoms with Gasteiger partial charge in [-0.25, -0.2) is 0 Å². The van der Waals surface area contributed by atoms with Crippen molar-refractivity contribution in [3.63, 3.8) is 0 Å². The fraction of sp³-hybridized carbons (Fsp3) is 0.333. The van der Waals surface area contributed by atoms with Gasteiger partial charge in [0, 0.05) is 19.6 Å².